The van der Waals surface area contributed by atoms with Crippen LogP contribution in [-0.2, 0) is 9.84 Å². The normalized spacial score (nSPS) is 22.4. The maximum atomic E-state index is 12.3. The molecule has 1 aliphatic carbocycles. The molecular weight excluding hydrogens is 312 g/mol. The van der Waals surface area contributed by atoms with Crippen LogP contribution in [0.25, 0.3) is 0 Å². The van der Waals surface area contributed by atoms with Crippen molar-refractivity contribution < 1.29 is 8.42 Å². The molecule has 0 aromatic rings. The molecule has 0 aromatic carbocycles. The van der Waals surface area contributed by atoms with Crippen LogP contribution in [0.5, 0.6) is 0 Å². The van der Waals surface area contributed by atoms with Gasteiger partial charge >= 0.3 is 0 Å². The first-order valence-corrected chi connectivity index (χ1v) is 10.1. The molecule has 18 heavy (non-hydrogen) atoms. The monoisotopic (exact) mass is 338 g/mol. The number of halogens is 1. The zero-order valence-corrected chi connectivity index (χ0v) is 14.2. The van der Waals surface area contributed by atoms with Crippen molar-refractivity contribution in [3.63, 3.8) is 0 Å². The Morgan fingerprint density at radius 2 is 1.72 bits per heavy atom. The molecule has 1 unspecified atom stereocenters. The highest BCUT2D eigenvalue weighted by atomic mass is 79.9. The molecule has 0 amide bonds. The lowest BCUT2D eigenvalue weighted by atomic mass is 9.85. The van der Waals surface area contributed by atoms with E-state index < -0.39 is 9.84 Å². The average molecular weight is 339 g/mol. The second kappa shape index (κ2) is 7.28. The van der Waals surface area contributed by atoms with E-state index >= 15 is 0 Å². The van der Waals surface area contributed by atoms with Crippen molar-refractivity contribution in [1.29, 1.82) is 0 Å². The van der Waals surface area contributed by atoms with Crippen molar-refractivity contribution in [1.82, 2.24) is 0 Å². The van der Waals surface area contributed by atoms with Gasteiger partial charge in [-0.3, -0.25) is 0 Å². The van der Waals surface area contributed by atoms with Gasteiger partial charge in [-0.1, -0.05) is 61.9 Å². The van der Waals surface area contributed by atoms with Gasteiger partial charge in [0.15, 0.2) is 9.84 Å². The van der Waals surface area contributed by atoms with Gasteiger partial charge in [-0.2, -0.15) is 0 Å². The van der Waals surface area contributed by atoms with Crippen LogP contribution < -0.4 is 0 Å². The van der Waals surface area contributed by atoms with Gasteiger partial charge in [0.1, 0.15) is 0 Å². The Labute approximate surface area is 121 Å². The molecule has 0 saturated heterocycles. The first kappa shape index (κ1) is 16.5. The third kappa shape index (κ3) is 5.20. The number of alkyl halides is 1. The summed E-state index contributed by atoms with van der Waals surface area (Å²) in [6.07, 6.45) is 7.98. The second-order valence-corrected chi connectivity index (χ2v) is 8.79. The van der Waals surface area contributed by atoms with Crippen LogP contribution in [0.3, 0.4) is 0 Å². The largest absolute Gasteiger partial charge is 0.229 e. The zero-order valence-electron chi connectivity index (χ0n) is 11.8. The fourth-order valence-electron chi connectivity index (χ4n) is 2.87. The maximum Gasteiger partial charge on any atom is 0.151 e. The fourth-order valence-corrected chi connectivity index (χ4v) is 6.44. The van der Waals surface area contributed by atoms with E-state index in [1.165, 1.54) is 25.7 Å². The fraction of sp³-hybridized carbons (Fsp3) is 1.00. The Kier molecular flexibility index (Phi) is 6.66. The van der Waals surface area contributed by atoms with Crippen molar-refractivity contribution in [3.05, 3.63) is 0 Å². The molecule has 1 rings (SSSR count). The van der Waals surface area contributed by atoms with E-state index in [9.17, 15) is 8.42 Å². The first-order chi connectivity index (χ1) is 8.43. The van der Waals surface area contributed by atoms with Crippen LogP contribution in [-0.4, -0.2) is 25.3 Å². The van der Waals surface area contributed by atoms with E-state index in [-0.39, 0.29) is 11.3 Å². The van der Waals surface area contributed by atoms with Crippen LogP contribution in [0.4, 0.5) is 0 Å². The molecule has 4 heteroatoms. The smallest absolute Gasteiger partial charge is 0.151 e. The van der Waals surface area contributed by atoms with Crippen molar-refractivity contribution >= 4 is 25.8 Å². The Morgan fingerprint density at radius 3 is 2.17 bits per heavy atom. The quantitative estimate of drug-likeness (QED) is 0.537. The lowest BCUT2D eigenvalue weighted by Gasteiger charge is -2.30. The van der Waals surface area contributed by atoms with Gasteiger partial charge in [0.2, 0.25) is 0 Å². The predicted molar refractivity (Wildman–Crippen MR) is 82.0 cm³/mol. The van der Waals surface area contributed by atoms with Crippen molar-refractivity contribution in [2.75, 3.05) is 16.8 Å². The highest BCUT2D eigenvalue weighted by molar-refractivity contribution is 9.09. The van der Waals surface area contributed by atoms with Gasteiger partial charge in [-0.15, -0.1) is 0 Å². The molecule has 108 valence electrons. The van der Waals surface area contributed by atoms with Crippen LogP contribution in [0.15, 0.2) is 0 Å². The minimum atomic E-state index is -2.91. The molecule has 0 radical (unpaired) electrons. The topological polar surface area (TPSA) is 34.1 Å². The lowest BCUT2D eigenvalue weighted by molar-refractivity contribution is 0.326. The molecule has 0 N–H and O–H groups in total. The van der Waals surface area contributed by atoms with Crippen molar-refractivity contribution in [2.45, 2.75) is 58.8 Å². The van der Waals surface area contributed by atoms with Gasteiger partial charge in [-0.05, 0) is 24.2 Å². The van der Waals surface area contributed by atoms with Crippen molar-refractivity contribution in [2.24, 2.45) is 11.3 Å². The standard InChI is InChI=1S/C14H27BrO2S/c1-3-13(2)10-18(16,17)12-14(11-15)8-6-4-5-7-9-14/h13H,3-12H2,1-2H3. The van der Waals surface area contributed by atoms with Crippen LogP contribution in [0, 0.1) is 11.3 Å². The molecule has 1 aliphatic rings. The van der Waals surface area contributed by atoms with Gasteiger partial charge < -0.3 is 0 Å². The number of rotatable bonds is 6. The van der Waals surface area contributed by atoms with Gasteiger partial charge in [0, 0.05) is 5.33 Å². The summed E-state index contributed by atoms with van der Waals surface area (Å²) in [5.74, 6) is 1.03. The molecule has 2 nitrogen and oxygen atoms in total. The minimum absolute atomic E-state index is 0.00277. The molecule has 1 atom stereocenters. The molecule has 0 bridgehead atoms. The van der Waals surface area contributed by atoms with E-state index in [0.717, 1.165) is 24.6 Å². The summed E-state index contributed by atoms with van der Waals surface area (Å²) in [6, 6.07) is 0. The summed E-state index contributed by atoms with van der Waals surface area (Å²) >= 11 is 3.57. The van der Waals surface area contributed by atoms with E-state index in [1.54, 1.807) is 0 Å². The summed E-state index contributed by atoms with van der Waals surface area (Å²) in [6.45, 7) is 4.09. The van der Waals surface area contributed by atoms with Gasteiger partial charge in [0.05, 0.1) is 11.5 Å². The van der Waals surface area contributed by atoms with E-state index in [4.69, 9.17) is 0 Å². The highest BCUT2D eigenvalue weighted by Gasteiger charge is 2.35. The third-order valence-electron chi connectivity index (χ3n) is 4.21. The third-order valence-corrected chi connectivity index (χ3v) is 7.53. The predicted octanol–water partition coefficient (Wildman–Crippen LogP) is 4.18. The Bertz CT molecular complexity index is 330. The van der Waals surface area contributed by atoms with Crippen LogP contribution in [0.1, 0.15) is 58.8 Å². The molecule has 0 aliphatic heterocycles. The van der Waals surface area contributed by atoms with E-state index in [1.807, 2.05) is 6.92 Å². The Balaban J connectivity index is 2.71. The molecule has 1 fully saturated rings. The highest BCUT2D eigenvalue weighted by Crippen LogP contribution is 2.38. The summed E-state index contributed by atoms with van der Waals surface area (Å²) in [4.78, 5) is 0. The zero-order chi connectivity index (χ0) is 13.6. The first-order valence-electron chi connectivity index (χ1n) is 7.19. The maximum absolute atomic E-state index is 12.3. The number of hydrogen-bond donors (Lipinski definition) is 0. The van der Waals surface area contributed by atoms with E-state index in [0.29, 0.717) is 11.5 Å². The number of sulfone groups is 1. The lowest BCUT2D eigenvalue weighted by Crippen LogP contribution is -2.33. The average Bonchev–Trinajstić information content (AvgIpc) is 2.54. The van der Waals surface area contributed by atoms with Crippen LogP contribution >= 0.6 is 15.9 Å². The van der Waals surface area contributed by atoms with Crippen molar-refractivity contribution in [3.8, 4) is 0 Å². The summed E-state index contributed by atoms with van der Waals surface area (Å²) in [7, 11) is -2.91. The molecule has 1 saturated carbocycles. The minimum Gasteiger partial charge on any atom is -0.229 e. The van der Waals surface area contributed by atoms with Gasteiger partial charge in [-0.25, -0.2) is 8.42 Å². The SMILES string of the molecule is CCC(C)CS(=O)(=O)CC1(CBr)CCCCCC1. The van der Waals surface area contributed by atoms with E-state index in [2.05, 4.69) is 22.9 Å². The molecule has 0 aromatic heterocycles. The van der Waals surface area contributed by atoms with Gasteiger partial charge in [0.25, 0.3) is 0 Å². The molecule has 0 spiro atoms. The molecular formula is C14H27BrO2S. The summed E-state index contributed by atoms with van der Waals surface area (Å²) in [5.41, 5.74) is 0.00277. The summed E-state index contributed by atoms with van der Waals surface area (Å²) < 4.78 is 24.6. The summed E-state index contributed by atoms with van der Waals surface area (Å²) in [5, 5.41) is 0.833. The Hall–Kier alpha value is 0.430. The second-order valence-electron chi connectivity index (χ2n) is 6.12. The Morgan fingerprint density at radius 1 is 1.17 bits per heavy atom. The van der Waals surface area contributed by atoms with Crippen LogP contribution in [0.2, 0.25) is 0 Å². The number of hydrogen-bond acceptors (Lipinski definition) is 2. The molecule has 0 heterocycles.